The number of hydrogen-bond acceptors (Lipinski definition) is 4. The van der Waals surface area contributed by atoms with E-state index in [9.17, 15) is 9.18 Å². The number of carbonyl (C=O) groups is 1. The van der Waals surface area contributed by atoms with E-state index in [4.69, 9.17) is 22.7 Å². The van der Waals surface area contributed by atoms with Crippen LogP contribution in [0.3, 0.4) is 0 Å². The fraction of sp³-hybridized carbons (Fsp3) is 0.333. The van der Waals surface area contributed by atoms with Crippen LogP contribution in [0.2, 0.25) is 0 Å². The van der Waals surface area contributed by atoms with Crippen LogP contribution in [0.15, 0.2) is 18.2 Å². The van der Waals surface area contributed by atoms with E-state index < -0.39 is 5.82 Å². The number of hydrogen-bond donors (Lipinski definition) is 1. The molecule has 1 rings (SSSR count). The maximum Gasteiger partial charge on any atom is 0.305 e. The standard InChI is InChI=1S/C12H14FNO3S/c1-16-10(15)6-3-7-17-9-5-2-4-8(13)11(9)12(14)18/h2,4-5H,3,6-7H2,1H3,(H2,14,18). The molecule has 0 saturated carbocycles. The lowest BCUT2D eigenvalue weighted by atomic mass is 10.2. The van der Waals surface area contributed by atoms with E-state index in [0.29, 0.717) is 6.42 Å². The smallest absolute Gasteiger partial charge is 0.305 e. The first-order valence-electron chi connectivity index (χ1n) is 5.34. The van der Waals surface area contributed by atoms with Crippen molar-refractivity contribution in [3.8, 4) is 5.75 Å². The second-order valence-electron chi connectivity index (χ2n) is 3.51. The van der Waals surface area contributed by atoms with Gasteiger partial charge in [-0.1, -0.05) is 18.3 Å². The molecule has 0 heterocycles. The van der Waals surface area contributed by atoms with Crippen molar-refractivity contribution in [1.82, 2.24) is 0 Å². The predicted molar refractivity (Wildman–Crippen MR) is 69.0 cm³/mol. The number of benzene rings is 1. The van der Waals surface area contributed by atoms with Crippen molar-refractivity contribution in [2.45, 2.75) is 12.8 Å². The third-order valence-corrected chi connectivity index (χ3v) is 2.44. The largest absolute Gasteiger partial charge is 0.493 e. The van der Waals surface area contributed by atoms with E-state index in [1.807, 2.05) is 0 Å². The van der Waals surface area contributed by atoms with Gasteiger partial charge < -0.3 is 15.2 Å². The summed E-state index contributed by atoms with van der Waals surface area (Å²) in [5, 5.41) is 0. The number of methoxy groups -OCH3 is 1. The van der Waals surface area contributed by atoms with Gasteiger partial charge in [0.05, 0.1) is 19.3 Å². The first-order valence-corrected chi connectivity index (χ1v) is 5.75. The van der Waals surface area contributed by atoms with Crippen LogP contribution in [0.4, 0.5) is 4.39 Å². The highest BCUT2D eigenvalue weighted by Gasteiger charge is 2.12. The summed E-state index contributed by atoms with van der Waals surface area (Å²) in [5.74, 6) is -0.548. The van der Waals surface area contributed by atoms with Crippen molar-refractivity contribution in [2.75, 3.05) is 13.7 Å². The highest BCUT2D eigenvalue weighted by atomic mass is 32.1. The molecule has 18 heavy (non-hydrogen) atoms. The van der Waals surface area contributed by atoms with Crippen molar-refractivity contribution in [3.63, 3.8) is 0 Å². The van der Waals surface area contributed by atoms with Crippen LogP contribution in [0.25, 0.3) is 0 Å². The average molecular weight is 271 g/mol. The van der Waals surface area contributed by atoms with Crippen molar-refractivity contribution >= 4 is 23.2 Å². The van der Waals surface area contributed by atoms with Crippen LogP contribution in [0, 0.1) is 5.82 Å². The van der Waals surface area contributed by atoms with Crippen molar-refractivity contribution < 1.29 is 18.7 Å². The molecule has 0 radical (unpaired) electrons. The lowest BCUT2D eigenvalue weighted by Crippen LogP contribution is -2.14. The summed E-state index contributed by atoms with van der Waals surface area (Å²) < 4.78 is 23.3. The quantitative estimate of drug-likeness (QED) is 0.485. The number of nitrogens with two attached hydrogens (primary N) is 1. The van der Waals surface area contributed by atoms with Gasteiger partial charge in [-0.15, -0.1) is 0 Å². The summed E-state index contributed by atoms with van der Waals surface area (Å²) in [5.41, 5.74) is 5.52. The molecule has 1 aromatic rings. The number of esters is 1. The Morgan fingerprint density at radius 1 is 1.50 bits per heavy atom. The number of thiocarbonyl (C=S) groups is 1. The molecule has 2 N–H and O–H groups in total. The summed E-state index contributed by atoms with van der Waals surface area (Å²) in [6.45, 7) is 0.258. The van der Waals surface area contributed by atoms with Gasteiger partial charge in [-0.05, 0) is 18.6 Å². The van der Waals surface area contributed by atoms with Gasteiger partial charge >= 0.3 is 5.97 Å². The zero-order valence-corrected chi connectivity index (χ0v) is 10.8. The van der Waals surface area contributed by atoms with E-state index in [-0.39, 0.29) is 35.3 Å². The molecule has 98 valence electrons. The molecule has 4 nitrogen and oxygen atoms in total. The minimum Gasteiger partial charge on any atom is -0.493 e. The Balaban J connectivity index is 2.60. The SMILES string of the molecule is COC(=O)CCCOc1cccc(F)c1C(N)=S. The molecular weight excluding hydrogens is 257 g/mol. The molecule has 0 spiro atoms. The Bertz CT molecular complexity index is 451. The predicted octanol–water partition coefficient (Wildman–Crippen LogP) is 1.79. The average Bonchev–Trinajstić information content (AvgIpc) is 2.33. The van der Waals surface area contributed by atoms with Gasteiger partial charge in [-0.25, -0.2) is 4.39 Å². The topological polar surface area (TPSA) is 61.5 Å². The molecule has 0 aliphatic carbocycles. The lowest BCUT2D eigenvalue weighted by molar-refractivity contribution is -0.140. The third kappa shape index (κ3) is 3.96. The number of carbonyl (C=O) groups excluding carboxylic acids is 1. The van der Waals surface area contributed by atoms with Crippen molar-refractivity contribution in [3.05, 3.63) is 29.6 Å². The molecular formula is C12H14FNO3S. The van der Waals surface area contributed by atoms with Gasteiger partial charge in [0.2, 0.25) is 0 Å². The van der Waals surface area contributed by atoms with Crippen LogP contribution < -0.4 is 10.5 Å². The van der Waals surface area contributed by atoms with Crippen LogP contribution in [0.5, 0.6) is 5.75 Å². The van der Waals surface area contributed by atoms with Gasteiger partial charge in [0.25, 0.3) is 0 Å². The molecule has 0 saturated heterocycles. The second-order valence-corrected chi connectivity index (χ2v) is 3.95. The second kappa shape index (κ2) is 6.90. The van der Waals surface area contributed by atoms with Crippen LogP contribution >= 0.6 is 12.2 Å². The molecule has 0 unspecified atom stereocenters. The summed E-state index contributed by atoms with van der Waals surface area (Å²) in [7, 11) is 1.32. The molecule has 1 aromatic carbocycles. The first kappa shape index (κ1) is 14.4. The van der Waals surface area contributed by atoms with Gasteiger partial charge in [0.1, 0.15) is 16.6 Å². The van der Waals surface area contributed by atoms with E-state index in [1.54, 1.807) is 6.07 Å². The van der Waals surface area contributed by atoms with Crippen molar-refractivity contribution in [2.24, 2.45) is 5.73 Å². The monoisotopic (exact) mass is 271 g/mol. The summed E-state index contributed by atoms with van der Waals surface area (Å²) >= 11 is 4.76. The Labute approximate surface area is 110 Å². The highest BCUT2D eigenvalue weighted by Crippen LogP contribution is 2.21. The summed E-state index contributed by atoms with van der Waals surface area (Å²) in [4.78, 5) is 10.8. The van der Waals surface area contributed by atoms with Crippen LogP contribution in [-0.4, -0.2) is 24.7 Å². The highest BCUT2D eigenvalue weighted by molar-refractivity contribution is 7.80. The number of ether oxygens (including phenoxy) is 2. The van der Waals surface area contributed by atoms with Crippen LogP contribution in [0.1, 0.15) is 18.4 Å². The Hall–Kier alpha value is -1.69. The summed E-state index contributed by atoms with van der Waals surface area (Å²) in [6, 6.07) is 4.35. The fourth-order valence-electron chi connectivity index (χ4n) is 1.36. The Morgan fingerprint density at radius 3 is 2.83 bits per heavy atom. The number of rotatable bonds is 6. The minimum absolute atomic E-state index is 0.0592. The molecule has 6 heteroatoms. The van der Waals surface area contributed by atoms with Gasteiger partial charge in [-0.3, -0.25) is 4.79 Å². The minimum atomic E-state index is -0.520. The maximum atomic E-state index is 13.5. The normalized spacial score (nSPS) is 9.89. The lowest BCUT2D eigenvalue weighted by Gasteiger charge is -2.10. The Kier molecular flexibility index (Phi) is 5.51. The first-order chi connectivity index (χ1) is 8.56. The van der Waals surface area contributed by atoms with Crippen molar-refractivity contribution in [1.29, 1.82) is 0 Å². The molecule has 0 aliphatic heterocycles. The van der Waals surface area contributed by atoms with E-state index in [0.717, 1.165) is 0 Å². The van der Waals surface area contributed by atoms with E-state index in [2.05, 4.69) is 4.74 Å². The maximum absolute atomic E-state index is 13.5. The zero-order chi connectivity index (χ0) is 13.5. The van der Waals surface area contributed by atoms with Gasteiger partial charge in [0.15, 0.2) is 0 Å². The third-order valence-electron chi connectivity index (χ3n) is 2.23. The fourth-order valence-corrected chi connectivity index (χ4v) is 1.56. The molecule has 0 aliphatic rings. The number of halogens is 1. The molecule has 0 aromatic heterocycles. The van der Waals surface area contributed by atoms with Crippen LogP contribution in [-0.2, 0) is 9.53 Å². The Morgan fingerprint density at radius 2 is 2.22 bits per heavy atom. The van der Waals surface area contributed by atoms with Gasteiger partial charge in [-0.2, -0.15) is 0 Å². The zero-order valence-electron chi connectivity index (χ0n) is 9.94. The molecule has 0 bridgehead atoms. The molecule has 0 amide bonds. The molecule has 0 atom stereocenters. The summed E-state index contributed by atoms with van der Waals surface area (Å²) in [6.07, 6.45) is 0.716. The van der Waals surface area contributed by atoms with E-state index >= 15 is 0 Å². The molecule has 0 fully saturated rings. The van der Waals surface area contributed by atoms with E-state index in [1.165, 1.54) is 19.2 Å². The van der Waals surface area contributed by atoms with Gasteiger partial charge in [0, 0.05) is 6.42 Å².